The fourth-order valence-electron chi connectivity index (χ4n) is 4.80. The monoisotopic (exact) mass is 434 g/mol. The van der Waals surface area contributed by atoms with Crippen molar-refractivity contribution in [2.75, 3.05) is 0 Å². The lowest BCUT2D eigenvalue weighted by molar-refractivity contribution is 0.393. The van der Waals surface area contributed by atoms with Gasteiger partial charge < -0.3 is 9.09 Å². The van der Waals surface area contributed by atoms with Crippen molar-refractivity contribution in [3.8, 4) is 22.3 Å². The van der Waals surface area contributed by atoms with Crippen molar-refractivity contribution in [1.29, 1.82) is 0 Å². The molecule has 0 aliphatic heterocycles. The van der Waals surface area contributed by atoms with E-state index in [1.807, 2.05) is 26.2 Å². The van der Waals surface area contributed by atoms with Gasteiger partial charge in [-0.05, 0) is 62.9 Å². The van der Waals surface area contributed by atoms with Gasteiger partial charge in [0.1, 0.15) is 5.76 Å². The van der Waals surface area contributed by atoms with Crippen molar-refractivity contribution in [3.05, 3.63) is 89.8 Å². The summed E-state index contributed by atoms with van der Waals surface area (Å²) in [5, 5.41) is 4.15. The van der Waals surface area contributed by atoms with Gasteiger partial charge in [0.2, 0.25) is 0 Å². The zero-order chi connectivity index (χ0) is 22.5. The first-order valence-corrected chi connectivity index (χ1v) is 11.5. The lowest BCUT2D eigenvalue weighted by atomic mass is 10.0. The molecule has 0 spiro atoms. The maximum atomic E-state index is 5.43. The molecular weight excluding hydrogens is 408 g/mol. The van der Waals surface area contributed by atoms with E-state index in [9.17, 15) is 0 Å². The number of aromatic nitrogens is 4. The molecule has 5 nitrogen and oxygen atoms in total. The Morgan fingerprint density at radius 3 is 2.55 bits per heavy atom. The normalized spacial score (nSPS) is 14.6. The van der Waals surface area contributed by atoms with Gasteiger partial charge in [0, 0.05) is 46.9 Å². The van der Waals surface area contributed by atoms with Gasteiger partial charge in [-0.15, -0.1) is 0 Å². The molecule has 1 unspecified atom stereocenters. The molecule has 0 radical (unpaired) electrons. The minimum atomic E-state index is 0.161. The lowest BCUT2D eigenvalue weighted by Gasteiger charge is -2.16. The van der Waals surface area contributed by atoms with Gasteiger partial charge in [-0.1, -0.05) is 35.5 Å². The second kappa shape index (κ2) is 7.69. The number of aryl methyl sites for hydroxylation is 2. The number of benzene rings is 1. The molecule has 1 atom stereocenters. The third-order valence-electron chi connectivity index (χ3n) is 6.78. The quantitative estimate of drug-likeness (QED) is 0.303. The highest BCUT2D eigenvalue weighted by Gasteiger charge is 2.26. The first-order chi connectivity index (χ1) is 16.1. The van der Waals surface area contributed by atoms with Gasteiger partial charge in [0.25, 0.3) is 0 Å². The van der Waals surface area contributed by atoms with Crippen molar-refractivity contribution in [1.82, 2.24) is 19.7 Å². The summed E-state index contributed by atoms with van der Waals surface area (Å²) in [7, 11) is 0. The van der Waals surface area contributed by atoms with Crippen LogP contribution in [0.2, 0.25) is 0 Å². The highest BCUT2D eigenvalue weighted by Crippen LogP contribution is 2.41. The number of pyridine rings is 2. The molecule has 1 fully saturated rings. The molecule has 0 amide bonds. The van der Waals surface area contributed by atoms with E-state index in [0.29, 0.717) is 5.92 Å². The van der Waals surface area contributed by atoms with Crippen molar-refractivity contribution in [2.24, 2.45) is 0 Å². The molecular formula is C28H26N4O. The van der Waals surface area contributed by atoms with E-state index in [-0.39, 0.29) is 6.04 Å². The molecule has 164 valence electrons. The molecule has 1 saturated carbocycles. The van der Waals surface area contributed by atoms with Crippen molar-refractivity contribution >= 4 is 11.0 Å². The third kappa shape index (κ3) is 3.44. The maximum absolute atomic E-state index is 5.43. The number of hydrogen-bond acceptors (Lipinski definition) is 4. The molecule has 1 aliphatic carbocycles. The van der Waals surface area contributed by atoms with Crippen LogP contribution in [0.3, 0.4) is 0 Å². The molecule has 4 aromatic heterocycles. The average molecular weight is 435 g/mol. The van der Waals surface area contributed by atoms with E-state index in [0.717, 1.165) is 39.2 Å². The Bertz CT molecular complexity index is 1440. The summed E-state index contributed by atoms with van der Waals surface area (Å²) in [6.45, 7) is 6.17. The van der Waals surface area contributed by atoms with Crippen LogP contribution in [-0.4, -0.2) is 19.7 Å². The minimum absolute atomic E-state index is 0.161. The van der Waals surface area contributed by atoms with Crippen LogP contribution < -0.4 is 0 Å². The summed E-state index contributed by atoms with van der Waals surface area (Å²) in [5.41, 5.74) is 9.80. The highest BCUT2D eigenvalue weighted by molar-refractivity contribution is 5.95. The molecule has 1 aliphatic rings. The second-order valence-electron chi connectivity index (χ2n) is 9.07. The summed E-state index contributed by atoms with van der Waals surface area (Å²) in [4.78, 5) is 9.59. The smallest absolute Gasteiger partial charge is 0.141 e. The average Bonchev–Trinajstić information content (AvgIpc) is 3.56. The molecule has 6 rings (SSSR count). The van der Waals surface area contributed by atoms with Gasteiger partial charge in [-0.25, -0.2) is 0 Å². The minimum Gasteiger partial charge on any atom is -0.361 e. The number of nitrogens with zero attached hydrogens (tertiary/aromatic N) is 4. The largest absolute Gasteiger partial charge is 0.361 e. The Balaban J connectivity index is 1.56. The molecule has 33 heavy (non-hydrogen) atoms. The summed E-state index contributed by atoms with van der Waals surface area (Å²) in [6, 6.07) is 17.3. The van der Waals surface area contributed by atoms with E-state index in [4.69, 9.17) is 9.51 Å². The van der Waals surface area contributed by atoms with Crippen LogP contribution in [0.5, 0.6) is 0 Å². The molecule has 0 bridgehead atoms. The Kier molecular flexibility index (Phi) is 4.64. The van der Waals surface area contributed by atoms with Crippen molar-refractivity contribution in [3.63, 3.8) is 0 Å². The highest BCUT2D eigenvalue weighted by atomic mass is 16.5. The Hall–Kier alpha value is -3.73. The molecule has 5 aromatic rings. The molecule has 0 saturated heterocycles. The summed E-state index contributed by atoms with van der Waals surface area (Å²) >= 11 is 0. The zero-order valence-electron chi connectivity index (χ0n) is 19.1. The molecule has 5 heteroatoms. The summed E-state index contributed by atoms with van der Waals surface area (Å²) in [5.74, 6) is 1.42. The third-order valence-corrected chi connectivity index (χ3v) is 6.78. The zero-order valence-corrected chi connectivity index (χ0v) is 19.1. The Morgan fingerprint density at radius 2 is 1.82 bits per heavy atom. The van der Waals surface area contributed by atoms with E-state index >= 15 is 0 Å². The topological polar surface area (TPSA) is 56.7 Å². The first kappa shape index (κ1) is 19.9. The van der Waals surface area contributed by atoms with Crippen LogP contribution in [0.15, 0.2) is 71.6 Å². The fourth-order valence-corrected chi connectivity index (χ4v) is 4.80. The van der Waals surface area contributed by atoms with Gasteiger partial charge in [0.15, 0.2) is 0 Å². The van der Waals surface area contributed by atoms with Gasteiger partial charge in [-0.2, -0.15) is 0 Å². The van der Waals surface area contributed by atoms with E-state index in [1.54, 1.807) is 0 Å². The Labute approximate surface area is 193 Å². The lowest BCUT2D eigenvalue weighted by Crippen LogP contribution is -2.05. The van der Waals surface area contributed by atoms with Crippen LogP contribution in [0.4, 0.5) is 0 Å². The van der Waals surface area contributed by atoms with Crippen LogP contribution in [0, 0.1) is 13.8 Å². The van der Waals surface area contributed by atoms with Gasteiger partial charge >= 0.3 is 0 Å². The molecule has 0 N–H and O–H groups in total. The predicted octanol–water partition coefficient (Wildman–Crippen LogP) is 6.86. The fraction of sp³-hybridized carbons (Fsp3) is 0.250. The molecule has 1 aromatic carbocycles. The van der Waals surface area contributed by atoms with Crippen LogP contribution >= 0.6 is 0 Å². The predicted molar refractivity (Wildman–Crippen MR) is 130 cm³/mol. The van der Waals surface area contributed by atoms with Crippen molar-refractivity contribution < 1.29 is 4.52 Å². The second-order valence-corrected chi connectivity index (χ2v) is 9.07. The SMILES string of the molecule is Cc1noc(C)c1-c1cnc2c(-c3ccnc(C4CC4)c3)cn(C(C)c3ccccc3)c2c1. The summed E-state index contributed by atoms with van der Waals surface area (Å²) in [6.07, 6.45) is 8.60. The number of rotatable bonds is 5. The number of fused-ring (bicyclic) bond motifs is 1. The van der Waals surface area contributed by atoms with Gasteiger partial charge in [0.05, 0.1) is 22.8 Å². The van der Waals surface area contributed by atoms with E-state index in [1.165, 1.54) is 29.7 Å². The van der Waals surface area contributed by atoms with Crippen molar-refractivity contribution in [2.45, 2.75) is 45.6 Å². The standard InChI is InChI=1S/C28H26N4O/c1-17-27(19(3)33-31-17)23-14-26-28(30-15-23)24(22-11-12-29-25(13-22)21-9-10-21)16-32(26)18(2)20-7-5-4-6-8-20/h4-8,11-16,18,21H,9-10H2,1-3H3. The van der Waals surface area contributed by atoms with Crippen LogP contribution in [0.25, 0.3) is 33.3 Å². The van der Waals surface area contributed by atoms with Gasteiger partial charge in [-0.3, -0.25) is 9.97 Å². The van der Waals surface area contributed by atoms with E-state index in [2.05, 4.69) is 76.4 Å². The first-order valence-electron chi connectivity index (χ1n) is 11.5. The Morgan fingerprint density at radius 1 is 1.00 bits per heavy atom. The van der Waals surface area contributed by atoms with Crippen LogP contribution in [-0.2, 0) is 0 Å². The van der Waals surface area contributed by atoms with E-state index < -0.39 is 0 Å². The van der Waals surface area contributed by atoms with Crippen LogP contribution in [0.1, 0.15) is 54.4 Å². The molecule has 4 heterocycles. The summed E-state index contributed by atoms with van der Waals surface area (Å²) < 4.78 is 7.77. The maximum Gasteiger partial charge on any atom is 0.141 e. The number of hydrogen-bond donors (Lipinski definition) is 0.